The van der Waals surface area contributed by atoms with Gasteiger partial charge < -0.3 is 10.1 Å². The van der Waals surface area contributed by atoms with Gasteiger partial charge in [0.15, 0.2) is 0 Å². The summed E-state index contributed by atoms with van der Waals surface area (Å²) in [6, 6.07) is 12.7. The summed E-state index contributed by atoms with van der Waals surface area (Å²) < 4.78 is 44.1. The van der Waals surface area contributed by atoms with Crippen LogP contribution < -0.4 is 10.1 Å². The fourth-order valence-electron chi connectivity index (χ4n) is 2.58. The fraction of sp³-hybridized carbons (Fsp3) is 0.136. The van der Waals surface area contributed by atoms with Crippen LogP contribution in [0.3, 0.4) is 0 Å². The number of carbonyl (C=O) groups excluding carboxylic acids is 1. The molecule has 9 heteroatoms. The quantitative estimate of drug-likeness (QED) is 0.398. The first-order chi connectivity index (χ1) is 14.7. The van der Waals surface area contributed by atoms with E-state index in [0.29, 0.717) is 17.9 Å². The molecule has 1 amide bonds. The molecule has 3 rings (SSSR count). The van der Waals surface area contributed by atoms with E-state index < -0.39 is 17.6 Å². The third-order valence-electron chi connectivity index (χ3n) is 4.06. The number of nitriles is 1. The smallest absolute Gasteiger partial charge is 0.416 e. The van der Waals surface area contributed by atoms with Gasteiger partial charge in [-0.3, -0.25) is 4.79 Å². The number of alkyl halides is 3. The van der Waals surface area contributed by atoms with Crippen molar-refractivity contribution in [1.29, 1.82) is 5.26 Å². The van der Waals surface area contributed by atoms with E-state index in [1.165, 1.54) is 29.5 Å². The number of carbonyl (C=O) groups is 1. The number of aryl methyl sites for hydroxylation is 1. The molecule has 0 spiro atoms. The van der Waals surface area contributed by atoms with E-state index in [4.69, 9.17) is 4.74 Å². The maximum Gasteiger partial charge on any atom is 0.416 e. The van der Waals surface area contributed by atoms with E-state index >= 15 is 0 Å². The summed E-state index contributed by atoms with van der Waals surface area (Å²) in [5.41, 5.74) is 0.194. The number of hydrogen-bond donors (Lipinski definition) is 1. The van der Waals surface area contributed by atoms with Crippen molar-refractivity contribution in [3.8, 4) is 11.8 Å². The van der Waals surface area contributed by atoms with E-state index in [0.717, 1.165) is 22.8 Å². The van der Waals surface area contributed by atoms with Gasteiger partial charge in [0.1, 0.15) is 24.0 Å². The van der Waals surface area contributed by atoms with Gasteiger partial charge in [-0.1, -0.05) is 18.2 Å². The van der Waals surface area contributed by atoms with Gasteiger partial charge in [0.05, 0.1) is 16.3 Å². The first-order valence-corrected chi connectivity index (χ1v) is 9.87. The molecule has 31 heavy (non-hydrogen) atoms. The Balaban J connectivity index is 1.66. The molecule has 0 aliphatic carbocycles. The van der Waals surface area contributed by atoms with E-state index in [1.54, 1.807) is 30.3 Å². The van der Waals surface area contributed by atoms with Crippen LogP contribution in [0.5, 0.6) is 5.75 Å². The van der Waals surface area contributed by atoms with Gasteiger partial charge in [-0.25, -0.2) is 4.98 Å². The second kappa shape index (κ2) is 9.45. The predicted molar refractivity (Wildman–Crippen MR) is 111 cm³/mol. The first-order valence-electron chi connectivity index (χ1n) is 8.99. The fourth-order valence-corrected chi connectivity index (χ4v) is 3.18. The average molecular weight is 443 g/mol. The number of rotatable bonds is 6. The molecule has 0 unspecified atom stereocenters. The van der Waals surface area contributed by atoms with Crippen molar-refractivity contribution in [2.24, 2.45) is 0 Å². The molecule has 1 aromatic heterocycles. The van der Waals surface area contributed by atoms with Crippen LogP contribution in [0.1, 0.15) is 21.8 Å². The Morgan fingerprint density at radius 3 is 2.61 bits per heavy atom. The molecule has 0 fully saturated rings. The second-order valence-corrected chi connectivity index (χ2v) is 7.48. The Bertz CT molecular complexity index is 1150. The predicted octanol–water partition coefficient (Wildman–Crippen LogP) is 5.60. The zero-order valence-corrected chi connectivity index (χ0v) is 17.1. The number of benzene rings is 2. The highest BCUT2D eigenvalue weighted by Gasteiger charge is 2.30. The average Bonchev–Trinajstić information content (AvgIpc) is 3.16. The van der Waals surface area contributed by atoms with Gasteiger partial charge in [0.2, 0.25) is 0 Å². The van der Waals surface area contributed by atoms with Crippen LogP contribution in [0.2, 0.25) is 0 Å². The van der Waals surface area contributed by atoms with Crippen molar-refractivity contribution in [2.45, 2.75) is 19.7 Å². The van der Waals surface area contributed by atoms with Gasteiger partial charge in [-0.05, 0) is 48.9 Å². The number of ether oxygens (including phenoxy) is 1. The van der Waals surface area contributed by atoms with Crippen LogP contribution in [0.25, 0.3) is 6.08 Å². The van der Waals surface area contributed by atoms with Gasteiger partial charge >= 0.3 is 6.18 Å². The van der Waals surface area contributed by atoms with Crippen molar-refractivity contribution in [3.05, 3.63) is 81.3 Å². The zero-order chi connectivity index (χ0) is 22.4. The monoisotopic (exact) mass is 443 g/mol. The van der Waals surface area contributed by atoms with Crippen molar-refractivity contribution in [2.75, 3.05) is 5.32 Å². The number of amides is 1. The summed E-state index contributed by atoms with van der Waals surface area (Å²) in [5, 5.41) is 14.5. The van der Waals surface area contributed by atoms with Crippen LogP contribution >= 0.6 is 11.3 Å². The first kappa shape index (κ1) is 22.1. The summed E-state index contributed by atoms with van der Waals surface area (Å²) in [5.74, 6) is -0.212. The van der Waals surface area contributed by atoms with Gasteiger partial charge in [0, 0.05) is 11.1 Å². The molecular formula is C22H16F3N3O2S. The minimum absolute atomic E-state index is 0.0537. The molecule has 0 atom stereocenters. The summed E-state index contributed by atoms with van der Waals surface area (Å²) in [4.78, 5) is 16.6. The van der Waals surface area contributed by atoms with Crippen LogP contribution in [-0.4, -0.2) is 10.9 Å². The maximum atomic E-state index is 12.8. The van der Waals surface area contributed by atoms with E-state index in [9.17, 15) is 23.2 Å². The van der Waals surface area contributed by atoms with Crippen molar-refractivity contribution in [3.63, 3.8) is 0 Å². The summed E-state index contributed by atoms with van der Waals surface area (Å²) in [7, 11) is 0. The third kappa shape index (κ3) is 6.17. The molecule has 0 saturated heterocycles. The van der Waals surface area contributed by atoms with E-state index in [2.05, 4.69) is 10.3 Å². The Morgan fingerprint density at radius 1 is 1.26 bits per heavy atom. The Morgan fingerprint density at radius 2 is 2.00 bits per heavy atom. The third-order valence-corrected chi connectivity index (χ3v) is 4.88. The lowest BCUT2D eigenvalue weighted by Crippen LogP contribution is -2.14. The van der Waals surface area contributed by atoms with Crippen LogP contribution in [0, 0.1) is 18.3 Å². The number of aromatic nitrogens is 1. The molecule has 1 N–H and O–H groups in total. The molecule has 0 radical (unpaired) electrons. The van der Waals surface area contributed by atoms with Gasteiger partial charge in [-0.2, -0.15) is 18.4 Å². The SMILES string of the molecule is Cc1nc(COc2ccc(/C=C(\C#N)C(=O)Nc3cccc(C(F)(F)F)c3)cc2)cs1. The normalized spacial score (nSPS) is 11.6. The molecule has 2 aromatic carbocycles. The van der Waals surface area contributed by atoms with Crippen LogP contribution in [0.4, 0.5) is 18.9 Å². The lowest BCUT2D eigenvalue weighted by molar-refractivity contribution is -0.137. The molecular weight excluding hydrogens is 427 g/mol. The molecule has 0 bridgehead atoms. The summed E-state index contributed by atoms with van der Waals surface area (Å²) in [6.07, 6.45) is -3.19. The number of thiazole rings is 1. The highest BCUT2D eigenvalue weighted by Crippen LogP contribution is 2.30. The summed E-state index contributed by atoms with van der Waals surface area (Å²) in [6.45, 7) is 2.23. The number of hydrogen-bond acceptors (Lipinski definition) is 5. The topological polar surface area (TPSA) is 75.0 Å². The molecule has 3 aromatic rings. The minimum atomic E-state index is -4.53. The minimum Gasteiger partial charge on any atom is -0.487 e. The standard InChI is InChI=1S/C22H16F3N3O2S/c1-14-27-19(13-31-14)12-30-20-7-5-15(6-8-20)9-16(11-26)21(29)28-18-4-2-3-17(10-18)22(23,24)25/h2-10,13H,12H2,1H3,(H,28,29)/b16-9+. The van der Waals surface area contributed by atoms with Gasteiger partial charge in [-0.15, -0.1) is 11.3 Å². The molecule has 158 valence electrons. The molecule has 0 saturated carbocycles. The van der Waals surface area contributed by atoms with Crippen LogP contribution in [-0.2, 0) is 17.6 Å². The van der Waals surface area contributed by atoms with E-state index in [1.807, 2.05) is 12.3 Å². The van der Waals surface area contributed by atoms with Crippen molar-refractivity contribution >= 4 is 29.0 Å². The second-order valence-electron chi connectivity index (χ2n) is 6.42. The Labute approximate surface area is 180 Å². The number of nitrogens with one attached hydrogen (secondary N) is 1. The zero-order valence-electron chi connectivity index (χ0n) is 16.2. The number of nitrogens with zero attached hydrogens (tertiary/aromatic N) is 2. The highest BCUT2D eigenvalue weighted by atomic mass is 32.1. The lowest BCUT2D eigenvalue weighted by atomic mass is 10.1. The largest absolute Gasteiger partial charge is 0.487 e. The van der Waals surface area contributed by atoms with Gasteiger partial charge in [0.25, 0.3) is 5.91 Å². The number of halogens is 3. The Hall–Kier alpha value is -3.64. The molecule has 1 heterocycles. The van der Waals surface area contributed by atoms with Crippen molar-refractivity contribution < 1.29 is 22.7 Å². The lowest BCUT2D eigenvalue weighted by Gasteiger charge is -2.09. The van der Waals surface area contributed by atoms with Crippen LogP contribution in [0.15, 0.2) is 59.5 Å². The molecule has 0 aliphatic heterocycles. The number of anilines is 1. The highest BCUT2D eigenvalue weighted by molar-refractivity contribution is 7.09. The van der Waals surface area contributed by atoms with Crippen molar-refractivity contribution in [1.82, 2.24) is 4.98 Å². The Kier molecular flexibility index (Phi) is 6.72. The summed E-state index contributed by atoms with van der Waals surface area (Å²) >= 11 is 1.53. The molecule has 0 aliphatic rings. The maximum absolute atomic E-state index is 12.8. The molecule has 5 nitrogen and oxygen atoms in total. The van der Waals surface area contributed by atoms with E-state index in [-0.39, 0.29) is 11.3 Å².